The van der Waals surface area contributed by atoms with E-state index in [2.05, 4.69) is 53.2 Å². The first-order valence-electron chi connectivity index (χ1n) is 27.0. The van der Waals surface area contributed by atoms with Crippen LogP contribution in [0.4, 0.5) is 0 Å². The lowest BCUT2D eigenvalue weighted by molar-refractivity contribution is -0.136. The van der Waals surface area contributed by atoms with Crippen molar-refractivity contribution in [3.05, 3.63) is 71.8 Å². The van der Waals surface area contributed by atoms with Gasteiger partial charge in [0.05, 0.1) is 12.2 Å². The predicted octanol–water partition coefficient (Wildman–Crippen LogP) is -5.87. The van der Waals surface area contributed by atoms with Crippen molar-refractivity contribution in [2.75, 3.05) is 39.3 Å². The van der Waals surface area contributed by atoms with Crippen molar-refractivity contribution in [2.24, 2.45) is 40.5 Å². The second-order valence-corrected chi connectivity index (χ2v) is 20.3. The summed E-state index contributed by atoms with van der Waals surface area (Å²) < 4.78 is 0. The van der Waals surface area contributed by atoms with E-state index in [-0.39, 0.29) is 76.5 Å². The van der Waals surface area contributed by atoms with Gasteiger partial charge < -0.3 is 92.0 Å². The summed E-state index contributed by atoms with van der Waals surface area (Å²) in [7, 11) is 0. The van der Waals surface area contributed by atoms with Crippen LogP contribution in [0.3, 0.4) is 0 Å². The van der Waals surface area contributed by atoms with Crippen LogP contribution in [0.15, 0.2) is 60.7 Å². The third kappa shape index (κ3) is 22.5. The van der Waals surface area contributed by atoms with Crippen molar-refractivity contribution in [1.82, 2.24) is 53.2 Å². The molecule has 27 heteroatoms. The van der Waals surface area contributed by atoms with Crippen molar-refractivity contribution >= 4 is 59.1 Å². The molecular formula is C53H85N15O12. The van der Waals surface area contributed by atoms with E-state index in [1.54, 1.807) is 44.2 Å². The normalized spacial score (nSPS) is 23.2. The van der Waals surface area contributed by atoms with Gasteiger partial charge in [0, 0.05) is 25.9 Å². The largest absolute Gasteiger partial charge is 0.391 e. The van der Waals surface area contributed by atoms with Gasteiger partial charge in [-0.2, -0.15) is 0 Å². The lowest BCUT2D eigenvalue weighted by Gasteiger charge is -2.28. The van der Waals surface area contributed by atoms with Gasteiger partial charge >= 0.3 is 0 Å². The van der Waals surface area contributed by atoms with Crippen LogP contribution in [0.5, 0.6) is 0 Å². The number of hydrogen-bond acceptors (Lipinski definition) is 17. The number of amides is 10. The first kappa shape index (κ1) is 67.1. The Balaban J connectivity index is 2.05. The fourth-order valence-electron chi connectivity index (χ4n) is 8.66. The molecule has 2 aromatic carbocycles. The maximum Gasteiger partial charge on any atom is 0.245 e. The Hall–Kier alpha value is -7.14. The smallest absolute Gasteiger partial charge is 0.245 e. The molecule has 0 radical (unpaired) electrons. The molecular weight excluding hydrogens is 1040 g/mol. The summed E-state index contributed by atoms with van der Waals surface area (Å²) in [6.07, 6.45) is -3.69. The number of nitrogens with two attached hydrogens (primary N) is 5. The molecule has 0 saturated carbocycles. The van der Waals surface area contributed by atoms with E-state index in [1.165, 1.54) is 13.8 Å². The standard InChI is InChI=1S/C53H85N15O12/c1-29(2)23-39-49(76)62-35(15-19-54)45(72)61-37(17-21-56)48(75)68-43(30(3)69)52(79)59-22-18-38(47(74)60-36(16-20-55)46(73)65-40(50(77)64-39)25-33-13-9-6-10-14-33)63-51(78)41(28-58)66-53(80)44(31(4)70)67-42(71)26-34(27-57)24-32-11-7-5-8-12-32/h5-14,29-31,34-41,43-44,69-70H,15-28,54-58H2,1-4H3,(H,59,79)(H,60,74)(H,61,72)(H,62,76)(H,63,78)(H,64,77)(H,65,73)(H,66,80)(H,67,71)(H,68,75)/t30-,31-,34-,35+,36+,37+,38+,39+,40-,41+,43+,44+/m1/s1. The maximum atomic E-state index is 14.4. The van der Waals surface area contributed by atoms with Gasteiger partial charge in [-0.1, -0.05) is 74.5 Å². The van der Waals surface area contributed by atoms with Crippen molar-refractivity contribution < 1.29 is 58.2 Å². The molecule has 3 rings (SSSR count). The molecule has 22 N–H and O–H groups in total. The molecule has 0 aliphatic carbocycles. The average Bonchev–Trinajstić information content (AvgIpc) is 3.41. The van der Waals surface area contributed by atoms with Crippen LogP contribution in [0.25, 0.3) is 0 Å². The van der Waals surface area contributed by atoms with Gasteiger partial charge in [0.25, 0.3) is 0 Å². The first-order chi connectivity index (χ1) is 38.0. The lowest BCUT2D eigenvalue weighted by Crippen LogP contribution is -2.62. The van der Waals surface area contributed by atoms with Gasteiger partial charge in [0.2, 0.25) is 59.1 Å². The second kappa shape index (κ2) is 34.8. The topological polar surface area (TPSA) is 462 Å². The highest BCUT2D eigenvalue weighted by atomic mass is 16.3. The van der Waals surface area contributed by atoms with Crippen molar-refractivity contribution in [3.8, 4) is 0 Å². The Morgan fingerprint density at radius 2 is 1.05 bits per heavy atom. The number of aliphatic hydroxyl groups excluding tert-OH is 2. The third-order valence-electron chi connectivity index (χ3n) is 13.1. The van der Waals surface area contributed by atoms with Crippen LogP contribution < -0.4 is 81.8 Å². The molecule has 1 fully saturated rings. The van der Waals surface area contributed by atoms with E-state index in [0.29, 0.717) is 12.0 Å². The van der Waals surface area contributed by atoms with Crippen LogP contribution in [0.2, 0.25) is 0 Å². The number of benzene rings is 2. The number of carbonyl (C=O) groups is 10. The number of carbonyl (C=O) groups excluding carboxylic acids is 10. The highest BCUT2D eigenvalue weighted by Gasteiger charge is 2.37. The summed E-state index contributed by atoms with van der Waals surface area (Å²) in [5.41, 5.74) is 31.1. The van der Waals surface area contributed by atoms with E-state index in [4.69, 9.17) is 28.7 Å². The van der Waals surface area contributed by atoms with E-state index in [1.807, 2.05) is 30.3 Å². The molecule has 10 amide bonds. The van der Waals surface area contributed by atoms with Crippen LogP contribution >= 0.6 is 0 Å². The van der Waals surface area contributed by atoms with Gasteiger partial charge in [-0.3, -0.25) is 47.9 Å². The first-order valence-corrected chi connectivity index (χ1v) is 27.0. The molecule has 0 unspecified atom stereocenters. The Labute approximate surface area is 466 Å². The maximum absolute atomic E-state index is 14.4. The molecule has 1 heterocycles. The molecule has 0 aromatic heterocycles. The number of aliphatic hydroxyl groups is 2. The summed E-state index contributed by atoms with van der Waals surface area (Å²) in [6, 6.07) is 4.42. The van der Waals surface area contributed by atoms with E-state index in [9.17, 15) is 58.2 Å². The summed E-state index contributed by atoms with van der Waals surface area (Å²) in [5, 5.41) is 46.8. The molecule has 444 valence electrons. The highest BCUT2D eigenvalue weighted by Crippen LogP contribution is 2.14. The molecule has 1 aliphatic rings. The van der Waals surface area contributed by atoms with Crippen molar-refractivity contribution in [1.29, 1.82) is 0 Å². The molecule has 80 heavy (non-hydrogen) atoms. The molecule has 0 spiro atoms. The van der Waals surface area contributed by atoms with Gasteiger partial charge in [-0.05, 0) is 102 Å². The molecule has 1 saturated heterocycles. The average molecular weight is 1120 g/mol. The van der Waals surface area contributed by atoms with Gasteiger partial charge in [-0.15, -0.1) is 0 Å². The van der Waals surface area contributed by atoms with Crippen molar-refractivity contribution in [2.45, 2.75) is 146 Å². The quantitative estimate of drug-likeness (QED) is 0.0493. The highest BCUT2D eigenvalue weighted by molar-refractivity contribution is 5.99. The lowest BCUT2D eigenvalue weighted by atomic mass is 9.95. The summed E-state index contributed by atoms with van der Waals surface area (Å²) in [4.78, 5) is 140. The molecule has 0 bridgehead atoms. The number of rotatable bonds is 23. The zero-order valence-electron chi connectivity index (χ0n) is 46.0. The molecule has 2 aromatic rings. The van der Waals surface area contributed by atoms with E-state index < -0.39 is 145 Å². The fourth-order valence-corrected chi connectivity index (χ4v) is 8.66. The Kier molecular flexibility index (Phi) is 29.2. The SMILES string of the molecule is CC(C)C[C@@H]1NC(=O)[C@@H](Cc2ccccc2)NC(=O)[C@H](CCN)NC(=O)[C@@H](NC(=O)[C@H](CN)NC(=O)[C@@H](NC(=O)C[C@H](CN)Cc2ccccc2)[C@@H](C)O)CCNC(=O)[C@H]([C@@H](C)O)NC(=O)[C@H](CCN)NC(=O)[C@H](CCN)NC1=O. The molecule has 1 aliphatic heterocycles. The Morgan fingerprint density at radius 1 is 0.575 bits per heavy atom. The van der Waals surface area contributed by atoms with Crippen LogP contribution in [0, 0.1) is 11.8 Å². The fraction of sp³-hybridized carbons (Fsp3) is 0.585. The predicted molar refractivity (Wildman–Crippen MR) is 295 cm³/mol. The zero-order valence-corrected chi connectivity index (χ0v) is 46.0. The van der Waals surface area contributed by atoms with Crippen LogP contribution in [-0.2, 0) is 60.8 Å². The minimum Gasteiger partial charge on any atom is -0.391 e. The van der Waals surface area contributed by atoms with Gasteiger partial charge in [-0.25, -0.2) is 0 Å². The summed E-state index contributed by atoms with van der Waals surface area (Å²) in [5.74, 6) is -9.53. The molecule has 27 nitrogen and oxygen atoms in total. The second-order valence-electron chi connectivity index (χ2n) is 20.3. The summed E-state index contributed by atoms with van der Waals surface area (Å²) in [6.45, 7) is 4.71. The van der Waals surface area contributed by atoms with E-state index >= 15 is 0 Å². The summed E-state index contributed by atoms with van der Waals surface area (Å²) >= 11 is 0. The van der Waals surface area contributed by atoms with Crippen LogP contribution in [0.1, 0.15) is 77.3 Å². The number of nitrogens with one attached hydrogen (secondary N) is 10. The molecule has 12 atom stereocenters. The van der Waals surface area contributed by atoms with Crippen LogP contribution in [-0.4, -0.2) is 175 Å². The van der Waals surface area contributed by atoms with Gasteiger partial charge in [0.1, 0.15) is 54.4 Å². The van der Waals surface area contributed by atoms with Crippen molar-refractivity contribution in [3.63, 3.8) is 0 Å². The van der Waals surface area contributed by atoms with Gasteiger partial charge in [0.15, 0.2) is 0 Å². The third-order valence-corrected chi connectivity index (χ3v) is 13.1. The minimum atomic E-state index is -1.67. The monoisotopic (exact) mass is 1120 g/mol. The Bertz CT molecular complexity index is 2350. The van der Waals surface area contributed by atoms with E-state index in [0.717, 1.165) is 5.56 Å². The zero-order chi connectivity index (χ0) is 59.5. The minimum absolute atomic E-state index is 0.0537. The number of hydrogen-bond donors (Lipinski definition) is 17. The Morgan fingerprint density at radius 3 is 1.54 bits per heavy atom.